The first-order chi connectivity index (χ1) is 6.20. The molecule has 0 saturated heterocycles. The highest BCUT2D eigenvalue weighted by molar-refractivity contribution is 4.85. The molecule has 0 radical (unpaired) electrons. The van der Waals surface area contributed by atoms with Gasteiger partial charge in [-0.15, -0.1) is 0 Å². The van der Waals surface area contributed by atoms with Crippen molar-refractivity contribution in [3.05, 3.63) is 0 Å². The molecule has 0 aromatic heterocycles. The highest BCUT2D eigenvalue weighted by Crippen LogP contribution is 2.39. The van der Waals surface area contributed by atoms with Crippen molar-refractivity contribution in [3.63, 3.8) is 0 Å². The highest BCUT2D eigenvalue weighted by atomic mass is 16.7. The summed E-state index contributed by atoms with van der Waals surface area (Å²) in [5.41, 5.74) is 0.534. The van der Waals surface area contributed by atoms with Crippen LogP contribution in [0.25, 0.3) is 0 Å². The fraction of sp³-hybridized carbons (Fsp3) is 1.00. The Morgan fingerprint density at radius 1 is 1.31 bits per heavy atom. The molecule has 0 unspecified atom stereocenters. The molecule has 1 rings (SSSR count). The lowest BCUT2D eigenvalue weighted by atomic mass is 9.70. The summed E-state index contributed by atoms with van der Waals surface area (Å²) in [4.78, 5) is 0. The summed E-state index contributed by atoms with van der Waals surface area (Å²) in [6.45, 7) is 4.19. The van der Waals surface area contributed by atoms with E-state index < -0.39 is 0 Å². The number of nitrogens with one attached hydrogen (secondary N) is 1. The zero-order chi connectivity index (χ0) is 9.73. The summed E-state index contributed by atoms with van der Waals surface area (Å²) in [5, 5.41) is 3.38. The van der Waals surface area contributed by atoms with E-state index in [1.807, 2.05) is 0 Å². The molecule has 3 nitrogen and oxygen atoms in total. The third-order valence-electron chi connectivity index (χ3n) is 2.95. The molecule has 0 aromatic carbocycles. The molecular formula is C10H21NO2. The highest BCUT2D eigenvalue weighted by Gasteiger charge is 2.31. The Bertz CT molecular complexity index is 142. The van der Waals surface area contributed by atoms with Crippen molar-refractivity contribution in [2.24, 2.45) is 5.41 Å². The third kappa shape index (κ3) is 3.25. The Morgan fingerprint density at radius 3 is 2.31 bits per heavy atom. The van der Waals surface area contributed by atoms with Crippen molar-refractivity contribution in [2.45, 2.75) is 32.5 Å². The summed E-state index contributed by atoms with van der Waals surface area (Å²) in [6, 6.07) is 0. The summed E-state index contributed by atoms with van der Waals surface area (Å²) in [6.07, 6.45) is 3.98. The van der Waals surface area contributed by atoms with Crippen molar-refractivity contribution in [2.75, 3.05) is 27.3 Å². The normalized spacial score (nSPS) is 20.3. The van der Waals surface area contributed by atoms with Gasteiger partial charge in [-0.3, -0.25) is 0 Å². The smallest absolute Gasteiger partial charge is 0.169 e. The number of methoxy groups -OCH3 is 2. The molecule has 1 N–H and O–H groups in total. The van der Waals surface area contributed by atoms with Crippen LogP contribution in [0.3, 0.4) is 0 Å². The van der Waals surface area contributed by atoms with Gasteiger partial charge in [0.2, 0.25) is 0 Å². The average Bonchev–Trinajstić information content (AvgIpc) is 2.10. The van der Waals surface area contributed by atoms with Crippen LogP contribution in [0, 0.1) is 5.41 Å². The minimum absolute atomic E-state index is 0.108. The Kier molecular flexibility index (Phi) is 4.16. The number of hydrogen-bond acceptors (Lipinski definition) is 3. The van der Waals surface area contributed by atoms with E-state index in [9.17, 15) is 0 Å². The van der Waals surface area contributed by atoms with Gasteiger partial charge >= 0.3 is 0 Å². The SMILES string of the molecule is COC(CNCC1(C)CCC1)OC. The second-order valence-electron chi connectivity index (χ2n) is 4.20. The van der Waals surface area contributed by atoms with E-state index in [0.717, 1.165) is 13.1 Å². The number of hydrogen-bond donors (Lipinski definition) is 1. The minimum Gasteiger partial charge on any atom is -0.355 e. The maximum atomic E-state index is 5.08. The van der Waals surface area contributed by atoms with Gasteiger partial charge in [0.15, 0.2) is 6.29 Å². The van der Waals surface area contributed by atoms with Crippen molar-refractivity contribution >= 4 is 0 Å². The van der Waals surface area contributed by atoms with Crippen LogP contribution in [-0.2, 0) is 9.47 Å². The molecule has 0 bridgehead atoms. The third-order valence-corrected chi connectivity index (χ3v) is 2.95. The van der Waals surface area contributed by atoms with E-state index in [2.05, 4.69) is 12.2 Å². The summed E-state index contributed by atoms with van der Waals surface area (Å²) < 4.78 is 10.2. The van der Waals surface area contributed by atoms with Gasteiger partial charge in [0.1, 0.15) is 0 Å². The Morgan fingerprint density at radius 2 is 1.92 bits per heavy atom. The van der Waals surface area contributed by atoms with Crippen LogP contribution in [-0.4, -0.2) is 33.6 Å². The quantitative estimate of drug-likeness (QED) is 0.637. The lowest BCUT2D eigenvalue weighted by Gasteiger charge is -2.38. The lowest BCUT2D eigenvalue weighted by molar-refractivity contribution is -0.0999. The van der Waals surface area contributed by atoms with Crippen molar-refractivity contribution in [1.82, 2.24) is 5.32 Å². The first-order valence-corrected chi connectivity index (χ1v) is 4.96. The second-order valence-corrected chi connectivity index (χ2v) is 4.20. The second kappa shape index (κ2) is 4.94. The van der Waals surface area contributed by atoms with E-state index in [1.165, 1.54) is 19.3 Å². The fourth-order valence-corrected chi connectivity index (χ4v) is 1.71. The van der Waals surface area contributed by atoms with E-state index in [4.69, 9.17) is 9.47 Å². The molecule has 1 aliphatic rings. The van der Waals surface area contributed by atoms with Gasteiger partial charge in [0.05, 0.1) is 0 Å². The van der Waals surface area contributed by atoms with Gasteiger partial charge in [-0.2, -0.15) is 0 Å². The van der Waals surface area contributed by atoms with E-state index in [-0.39, 0.29) is 6.29 Å². The molecule has 0 amide bonds. The molecule has 1 fully saturated rings. The van der Waals surface area contributed by atoms with Gasteiger partial charge in [0, 0.05) is 27.3 Å². The summed E-state index contributed by atoms with van der Waals surface area (Å²) >= 11 is 0. The largest absolute Gasteiger partial charge is 0.355 e. The molecular weight excluding hydrogens is 166 g/mol. The fourth-order valence-electron chi connectivity index (χ4n) is 1.71. The molecule has 1 aliphatic carbocycles. The number of ether oxygens (including phenoxy) is 2. The van der Waals surface area contributed by atoms with E-state index >= 15 is 0 Å². The molecule has 78 valence electrons. The van der Waals surface area contributed by atoms with Crippen LogP contribution >= 0.6 is 0 Å². The molecule has 0 aliphatic heterocycles. The van der Waals surface area contributed by atoms with Crippen LogP contribution < -0.4 is 5.32 Å². The van der Waals surface area contributed by atoms with Crippen molar-refractivity contribution < 1.29 is 9.47 Å². The Labute approximate surface area is 80.8 Å². The molecule has 3 heteroatoms. The maximum absolute atomic E-state index is 5.08. The van der Waals surface area contributed by atoms with E-state index in [1.54, 1.807) is 14.2 Å². The first kappa shape index (κ1) is 11.0. The standard InChI is InChI=1S/C10H21NO2/c1-10(5-4-6-10)8-11-7-9(12-2)13-3/h9,11H,4-8H2,1-3H3. The van der Waals surface area contributed by atoms with E-state index in [0.29, 0.717) is 5.41 Å². The zero-order valence-corrected chi connectivity index (χ0v) is 8.93. The molecule has 1 saturated carbocycles. The lowest BCUT2D eigenvalue weighted by Crippen LogP contribution is -2.40. The molecule has 0 aromatic rings. The van der Waals surface area contributed by atoms with Crippen LogP contribution in [0.4, 0.5) is 0 Å². The molecule has 13 heavy (non-hydrogen) atoms. The maximum Gasteiger partial charge on any atom is 0.169 e. The van der Waals surface area contributed by atoms with Gasteiger partial charge in [-0.05, 0) is 18.3 Å². The van der Waals surface area contributed by atoms with Crippen molar-refractivity contribution in [1.29, 1.82) is 0 Å². The molecule has 0 spiro atoms. The van der Waals surface area contributed by atoms with Gasteiger partial charge in [0.25, 0.3) is 0 Å². The Hall–Kier alpha value is -0.120. The zero-order valence-electron chi connectivity index (χ0n) is 8.93. The van der Waals surface area contributed by atoms with Gasteiger partial charge in [-0.1, -0.05) is 13.3 Å². The first-order valence-electron chi connectivity index (χ1n) is 4.96. The predicted molar refractivity (Wildman–Crippen MR) is 52.6 cm³/mol. The van der Waals surface area contributed by atoms with Crippen LogP contribution in [0.5, 0.6) is 0 Å². The van der Waals surface area contributed by atoms with Crippen LogP contribution in [0.1, 0.15) is 26.2 Å². The summed E-state index contributed by atoms with van der Waals surface area (Å²) in [5.74, 6) is 0. The van der Waals surface area contributed by atoms with Crippen LogP contribution in [0.15, 0.2) is 0 Å². The van der Waals surface area contributed by atoms with Crippen LogP contribution in [0.2, 0.25) is 0 Å². The van der Waals surface area contributed by atoms with Crippen molar-refractivity contribution in [3.8, 4) is 0 Å². The molecule has 0 atom stereocenters. The minimum atomic E-state index is -0.108. The predicted octanol–water partition coefficient (Wildman–Crippen LogP) is 1.39. The summed E-state index contributed by atoms with van der Waals surface area (Å²) in [7, 11) is 3.34. The molecule has 0 heterocycles. The topological polar surface area (TPSA) is 30.5 Å². The monoisotopic (exact) mass is 187 g/mol. The van der Waals surface area contributed by atoms with Gasteiger partial charge in [-0.25, -0.2) is 0 Å². The van der Waals surface area contributed by atoms with Gasteiger partial charge < -0.3 is 14.8 Å². The average molecular weight is 187 g/mol. The number of rotatable bonds is 6. The Balaban J connectivity index is 2.05.